The van der Waals surface area contributed by atoms with Crippen molar-refractivity contribution in [3.05, 3.63) is 53.7 Å². The summed E-state index contributed by atoms with van der Waals surface area (Å²) in [7, 11) is -3.27. The Balaban J connectivity index is 1.58. The van der Waals surface area contributed by atoms with Gasteiger partial charge in [0.1, 0.15) is 12.1 Å². The van der Waals surface area contributed by atoms with E-state index < -0.39 is 9.84 Å². The summed E-state index contributed by atoms with van der Waals surface area (Å²) in [5.74, 6) is 1.52. The lowest BCUT2D eigenvalue weighted by Gasteiger charge is -2.10. The van der Waals surface area contributed by atoms with Crippen molar-refractivity contribution in [3.8, 4) is 39.0 Å². The fraction of sp³-hybridized carbons (Fsp3) is 0.227. The topological polar surface area (TPSA) is 87.0 Å². The lowest BCUT2D eigenvalue weighted by Crippen LogP contribution is -2.00. The normalized spacial score (nSPS) is 13.2. The summed E-state index contributed by atoms with van der Waals surface area (Å²) in [5.41, 5.74) is 3.57. The molecule has 0 saturated heterocycles. The summed E-state index contributed by atoms with van der Waals surface area (Å²) in [5, 5.41) is 5.10. The predicted octanol–water partition coefficient (Wildman–Crippen LogP) is 4.09. The van der Waals surface area contributed by atoms with Crippen LogP contribution >= 0.6 is 11.3 Å². The summed E-state index contributed by atoms with van der Waals surface area (Å²) in [6.07, 6.45) is 3.53. The van der Waals surface area contributed by atoms with Crippen LogP contribution in [0.2, 0.25) is 0 Å². The molecule has 158 valence electrons. The van der Waals surface area contributed by atoms with Gasteiger partial charge in [0.05, 0.1) is 17.2 Å². The number of ether oxygens (including phenoxy) is 1. The fourth-order valence-electron chi connectivity index (χ4n) is 3.67. The number of hydrogen-bond acceptors (Lipinski definition) is 7. The van der Waals surface area contributed by atoms with E-state index in [0.29, 0.717) is 11.5 Å². The smallest absolute Gasteiger partial charge is 0.187 e. The van der Waals surface area contributed by atoms with Crippen molar-refractivity contribution in [1.82, 2.24) is 19.7 Å². The Bertz CT molecular complexity index is 1390. The van der Waals surface area contributed by atoms with E-state index in [4.69, 9.17) is 9.72 Å². The highest BCUT2D eigenvalue weighted by molar-refractivity contribution is 7.90. The molecular weight excluding hydrogens is 432 g/mol. The van der Waals surface area contributed by atoms with Crippen LogP contribution in [0.5, 0.6) is 5.75 Å². The molecular formula is C22H20N4O3S2. The summed E-state index contributed by atoms with van der Waals surface area (Å²) in [6.45, 7) is 3.31. The van der Waals surface area contributed by atoms with Gasteiger partial charge in [-0.2, -0.15) is 5.10 Å². The molecule has 1 aliphatic rings. The zero-order valence-corrected chi connectivity index (χ0v) is 18.7. The highest BCUT2D eigenvalue weighted by Gasteiger charge is 2.23. The van der Waals surface area contributed by atoms with Crippen molar-refractivity contribution >= 4 is 21.2 Å². The predicted molar refractivity (Wildman–Crippen MR) is 120 cm³/mol. The summed E-state index contributed by atoms with van der Waals surface area (Å²) >= 11 is 1.62. The first kappa shape index (κ1) is 19.9. The van der Waals surface area contributed by atoms with Gasteiger partial charge in [0.15, 0.2) is 20.7 Å². The first-order chi connectivity index (χ1) is 14.9. The molecule has 0 atom stereocenters. The van der Waals surface area contributed by atoms with Gasteiger partial charge in [-0.3, -0.25) is 0 Å². The first-order valence-electron chi connectivity index (χ1n) is 9.89. The number of nitrogens with zero attached hydrogens (tertiary/aromatic N) is 4. The highest BCUT2D eigenvalue weighted by Crippen LogP contribution is 2.41. The van der Waals surface area contributed by atoms with E-state index in [1.54, 1.807) is 35.9 Å². The standard InChI is InChI=1S/C22H20N4O3S2/c1-3-26-21(23-13-24-26)22-25-20-17-8-7-15(12-18(17)29-10-9-19(20)30-22)14-5-4-6-16(11-14)31(2,27)28/h4-8,11-13H,3,9-10H2,1-2H3. The monoisotopic (exact) mass is 452 g/mol. The minimum absolute atomic E-state index is 0.298. The van der Waals surface area contributed by atoms with E-state index in [2.05, 4.69) is 10.1 Å². The molecule has 0 unspecified atom stereocenters. The van der Waals surface area contributed by atoms with Crippen LogP contribution in [-0.4, -0.2) is 41.0 Å². The van der Waals surface area contributed by atoms with Gasteiger partial charge in [-0.25, -0.2) is 23.1 Å². The molecule has 0 aliphatic carbocycles. The van der Waals surface area contributed by atoms with E-state index in [-0.39, 0.29) is 0 Å². The van der Waals surface area contributed by atoms with Gasteiger partial charge in [0, 0.05) is 29.7 Å². The van der Waals surface area contributed by atoms with E-state index in [9.17, 15) is 8.42 Å². The number of aromatic nitrogens is 4. The van der Waals surface area contributed by atoms with Crippen LogP contribution in [0.25, 0.3) is 33.2 Å². The maximum Gasteiger partial charge on any atom is 0.187 e. The van der Waals surface area contributed by atoms with Gasteiger partial charge in [0.2, 0.25) is 0 Å². The molecule has 9 heteroatoms. The maximum absolute atomic E-state index is 11.9. The average molecular weight is 453 g/mol. The van der Waals surface area contributed by atoms with E-state index >= 15 is 0 Å². The lowest BCUT2D eigenvalue weighted by molar-refractivity contribution is 0.327. The third-order valence-corrected chi connectivity index (χ3v) is 7.44. The molecule has 5 rings (SSSR count). The molecule has 7 nitrogen and oxygen atoms in total. The van der Waals surface area contributed by atoms with Gasteiger partial charge < -0.3 is 4.74 Å². The Morgan fingerprint density at radius 2 is 2.00 bits per heavy atom. The van der Waals surface area contributed by atoms with Crippen molar-refractivity contribution in [2.45, 2.75) is 24.8 Å². The van der Waals surface area contributed by atoms with E-state index in [0.717, 1.165) is 56.8 Å². The molecule has 0 fully saturated rings. The maximum atomic E-state index is 11.9. The van der Waals surface area contributed by atoms with Crippen LogP contribution in [0.1, 0.15) is 11.8 Å². The Morgan fingerprint density at radius 1 is 1.16 bits per heavy atom. The van der Waals surface area contributed by atoms with Crippen LogP contribution in [0.15, 0.2) is 53.7 Å². The fourth-order valence-corrected chi connectivity index (χ4v) is 5.39. The van der Waals surface area contributed by atoms with Crippen molar-refractivity contribution in [2.24, 2.45) is 0 Å². The number of sulfone groups is 1. The quantitative estimate of drug-likeness (QED) is 0.463. The zero-order valence-electron chi connectivity index (χ0n) is 17.1. The number of aryl methyl sites for hydroxylation is 1. The third kappa shape index (κ3) is 3.64. The first-order valence-corrected chi connectivity index (χ1v) is 12.6. The molecule has 0 radical (unpaired) electrons. The SMILES string of the molecule is CCn1ncnc1-c1nc2c(s1)CCOc1cc(-c3cccc(S(C)(=O)=O)c3)ccc1-2. The number of rotatable bonds is 4. The molecule has 4 aromatic rings. The van der Waals surface area contributed by atoms with Gasteiger partial charge in [-0.15, -0.1) is 11.3 Å². The van der Waals surface area contributed by atoms with Crippen LogP contribution in [0, 0.1) is 0 Å². The van der Waals surface area contributed by atoms with Crippen LogP contribution < -0.4 is 4.74 Å². The van der Waals surface area contributed by atoms with Crippen LogP contribution in [-0.2, 0) is 22.8 Å². The second-order valence-corrected chi connectivity index (χ2v) is 10.4. The molecule has 0 spiro atoms. The molecule has 0 amide bonds. The molecule has 2 aromatic carbocycles. The largest absolute Gasteiger partial charge is 0.492 e. The van der Waals surface area contributed by atoms with Gasteiger partial charge in [0.25, 0.3) is 0 Å². The van der Waals surface area contributed by atoms with Crippen molar-refractivity contribution < 1.29 is 13.2 Å². The summed E-state index contributed by atoms with van der Waals surface area (Å²) in [6, 6.07) is 12.9. The van der Waals surface area contributed by atoms with Crippen LogP contribution in [0.3, 0.4) is 0 Å². The van der Waals surface area contributed by atoms with E-state index in [1.807, 2.05) is 35.9 Å². The zero-order chi connectivity index (χ0) is 21.6. The van der Waals surface area contributed by atoms with E-state index in [1.165, 1.54) is 6.26 Å². The Morgan fingerprint density at radius 3 is 2.81 bits per heavy atom. The molecule has 2 aromatic heterocycles. The number of thiazole rings is 1. The minimum Gasteiger partial charge on any atom is -0.492 e. The lowest BCUT2D eigenvalue weighted by atomic mass is 10.0. The molecule has 3 heterocycles. The second kappa shape index (κ2) is 7.58. The molecule has 0 saturated carbocycles. The number of hydrogen-bond donors (Lipinski definition) is 0. The van der Waals surface area contributed by atoms with Crippen molar-refractivity contribution in [3.63, 3.8) is 0 Å². The molecule has 31 heavy (non-hydrogen) atoms. The van der Waals surface area contributed by atoms with Gasteiger partial charge >= 0.3 is 0 Å². The highest BCUT2D eigenvalue weighted by atomic mass is 32.2. The van der Waals surface area contributed by atoms with Gasteiger partial charge in [-0.05, 0) is 42.3 Å². The van der Waals surface area contributed by atoms with Crippen molar-refractivity contribution in [2.75, 3.05) is 12.9 Å². The molecule has 0 bridgehead atoms. The summed E-state index contributed by atoms with van der Waals surface area (Å²) in [4.78, 5) is 10.7. The number of benzene rings is 2. The average Bonchev–Trinajstić information content (AvgIpc) is 3.36. The van der Waals surface area contributed by atoms with Crippen LogP contribution in [0.4, 0.5) is 0 Å². The third-order valence-electron chi connectivity index (χ3n) is 5.22. The molecule has 1 aliphatic heterocycles. The second-order valence-electron chi connectivity index (χ2n) is 7.30. The Hall–Kier alpha value is -3.04. The molecule has 0 N–H and O–H groups in total. The Kier molecular flexibility index (Phi) is 4.86. The van der Waals surface area contributed by atoms with Crippen molar-refractivity contribution in [1.29, 1.82) is 0 Å². The van der Waals surface area contributed by atoms with Gasteiger partial charge in [-0.1, -0.05) is 18.2 Å². The number of fused-ring (bicyclic) bond motifs is 3. The minimum atomic E-state index is -3.27. The summed E-state index contributed by atoms with van der Waals surface area (Å²) < 4.78 is 31.7. The Labute approximate surface area is 184 Å².